The van der Waals surface area contributed by atoms with Crippen molar-refractivity contribution in [3.63, 3.8) is 0 Å². The van der Waals surface area contributed by atoms with Gasteiger partial charge in [0.2, 0.25) is 0 Å². The Balaban J connectivity index is 1.51. The van der Waals surface area contributed by atoms with Gasteiger partial charge >= 0.3 is 0 Å². The minimum Gasteiger partial charge on any atom is -0.376 e. The fourth-order valence-corrected chi connectivity index (χ4v) is 5.24. The molecule has 1 saturated carbocycles. The maximum absolute atomic E-state index is 12.5. The first-order chi connectivity index (χ1) is 11.0. The highest BCUT2D eigenvalue weighted by Gasteiger charge is 2.41. The Kier molecular flexibility index (Phi) is 5.88. The molecule has 0 radical (unpaired) electrons. The number of thioether (sulfide) groups is 1. The van der Waals surface area contributed by atoms with Crippen LogP contribution in [-0.4, -0.2) is 46.0 Å². The van der Waals surface area contributed by atoms with E-state index in [4.69, 9.17) is 27.9 Å². The molecule has 2 aliphatic heterocycles. The highest BCUT2D eigenvalue weighted by atomic mass is 35.5. The number of alkyl halides is 2. The fourth-order valence-electron chi connectivity index (χ4n) is 3.34. The van der Waals surface area contributed by atoms with E-state index in [1.54, 1.807) is 0 Å². The summed E-state index contributed by atoms with van der Waals surface area (Å²) in [5.74, 6) is -0.583. The summed E-state index contributed by atoms with van der Waals surface area (Å²) in [4.78, 5) is 24.5. The van der Waals surface area contributed by atoms with Crippen molar-refractivity contribution in [3.05, 3.63) is 0 Å². The maximum atomic E-state index is 12.5. The number of Topliss-reactive ketones (excluding diaryl/α,β-unsaturated/α-hetero) is 1. The number of hydrogen-bond acceptors (Lipinski definition) is 5. The second kappa shape index (κ2) is 7.72. The molecule has 1 aliphatic carbocycles. The summed E-state index contributed by atoms with van der Waals surface area (Å²) in [5.41, 5.74) is 2.51. The normalized spacial score (nSPS) is 41.0. The lowest BCUT2D eigenvalue weighted by Gasteiger charge is -2.38. The van der Waals surface area contributed by atoms with Gasteiger partial charge in [-0.3, -0.25) is 9.59 Å². The second-order valence-electron chi connectivity index (χ2n) is 6.26. The van der Waals surface area contributed by atoms with Gasteiger partial charge in [0, 0.05) is 17.5 Å². The number of nitrogens with one attached hydrogen (secondary N) is 1. The van der Waals surface area contributed by atoms with Gasteiger partial charge in [-0.25, -0.2) is 5.43 Å². The number of fused-ring (bicyclic) bond motifs is 1. The summed E-state index contributed by atoms with van der Waals surface area (Å²) in [7, 11) is 0. The summed E-state index contributed by atoms with van der Waals surface area (Å²) in [6, 6.07) is 0. The summed E-state index contributed by atoms with van der Waals surface area (Å²) < 4.78 is 5.77. The summed E-state index contributed by atoms with van der Waals surface area (Å²) in [6.07, 6.45) is 5.46. The number of ether oxygens (including phenoxy) is 1. The van der Waals surface area contributed by atoms with Crippen LogP contribution in [0.15, 0.2) is 5.10 Å². The lowest BCUT2D eigenvalue weighted by molar-refractivity contribution is -0.144. The molecule has 2 heterocycles. The number of hydrazone groups is 1. The maximum Gasteiger partial charge on any atom is 0.253 e. The summed E-state index contributed by atoms with van der Waals surface area (Å²) in [5, 5.41) is 3.84. The van der Waals surface area contributed by atoms with Crippen molar-refractivity contribution in [3.8, 4) is 0 Å². The van der Waals surface area contributed by atoms with Crippen LogP contribution in [0.4, 0.5) is 0 Å². The van der Waals surface area contributed by atoms with Crippen LogP contribution < -0.4 is 5.43 Å². The van der Waals surface area contributed by atoms with Gasteiger partial charge in [0.1, 0.15) is 5.78 Å². The number of carbonyl (C=O) groups is 2. The molecule has 0 aromatic heterocycles. The van der Waals surface area contributed by atoms with Gasteiger partial charge in [0.25, 0.3) is 5.91 Å². The van der Waals surface area contributed by atoms with Crippen LogP contribution in [0.25, 0.3) is 0 Å². The van der Waals surface area contributed by atoms with E-state index >= 15 is 0 Å². The molecule has 6 atom stereocenters. The van der Waals surface area contributed by atoms with E-state index in [2.05, 4.69) is 10.5 Å². The quantitative estimate of drug-likeness (QED) is 0.465. The van der Waals surface area contributed by atoms with Crippen LogP contribution in [0.5, 0.6) is 0 Å². The first-order valence-corrected chi connectivity index (χ1v) is 9.78. The smallest absolute Gasteiger partial charge is 0.253 e. The zero-order valence-electron chi connectivity index (χ0n) is 12.6. The third-order valence-corrected chi connectivity index (χ3v) is 6.87. The van der Waals surface area contributed by atoms with Crippen molar-refractivity contribution in [2.45, 2.75) is 53.5 Å². The van der Waals surface area contributed by atoms with E-state index < -0.39 is 5.92 Å². The Hall–Kier alpha value is -0.300. The van der Waals surface area contributed by atoms with Crippen molar-refractivity contribution >= 4 is 52.9 Å². The molecule has 0 aromatic rings. The molecule has 23 heavy (non-hydrogen) atoms. The topological polar surface area (TPSA) is 67.8 Å². The molecule has 0 spiro atoms. The van der Waals surface area contributed by atoms with Gasteiger partial charge in [0.05, 0.1) is 28.6 Å². The Bertz CT molecular complexity index is 505. The third-order valence-electron chi connectivity index (χ3n) is 4.63. The molecular formula is C15H20Cl2N2O3S. The predicted molar refractivity (Wildman–Crippen MR) is 92.1 cm³/mol. The zero-order chi connectivity index (χ0) is 16.4. The highest BCUT2D eigenvalue weighted by molar-refractivity contribution is 8.02. The van der Waals surface area contributed by atoms with E-state index in [1.807, 2.05) is 0 Å². The average molecular weight is 379 g/mol. The molecule has 1 N–H and O–H groups in total. The van der Waals surface area contributed by atoms with E-state index in [0.29, 0.717) is 13.0 Å². The van der Waals surface area contributed by atoms with E-state index in [9.17, 15) is 9.59 Å². The van der Waals surface area contributed by atoms with Crippen LogP contribution >= 0.6 is 35.0 Å². The van der Waals surface area contributed by atoms with Gasteiger partial charge < -0.3 is 4.74 Å². The number of halogens is 2. The van der Waals surface area contributed by atoms with Gasteiger partial charge in [0.15, 0.2) is 0 Å². The lowest BCUT2D eigenvalue weighted by Crippen LogP contribution is -2.47. The molecule has 0 bridgehead atoms. The highest BCUT2D eigenvalue weighted by Crippen LogP contribution is 2.36. The number of rotatable bonds is 3. The molecular weight excluding hydrogens is 359 g/mol. The fraction of sp³-hybridized carbons (Fsp3) is 0.800. The standard InChI is InChI=1S/C15H20Cl2N2O3S/c16-9-1-2-11-10(5-9)14(20)8(7-22-11)6-18-19-15(21)12-3-4-13(17)23-12/h6,8-13H,1-5,7H2,(H,19,21)/b18-6+. The van der Waals surface area contributed by atoms with Crippen LogP contribution in [0.1, 0.15) is 32.1 Å². The molecule has 5 nitrogen and oxygen atoms in total. The molecule has 1 amide bonds. The van der Waals surface area contributed by atoms with E-state index in [0.717, 1.165) is 25.7 Å². The Morgan fingerprint density at radius 1 is 1.30 bits per heavy atom. The van der Waals surface area contributed by atoms with Crippen LogP contribution in [0, 0.1) is 11.8 Å². The zero-order valence-corrected chi connectivity index (χ0v) is 14.9. The van der Waals surface area contributed by atoms with Crippen LogP contribution in [0.3, 0.4) is 0 Å². The van der Waals surface area contributed by atoms with Crippen molar-refractivity contribution in [1.29, 1.82) is 0 Å². The first kappa shape index (κ1) is 17.5. The monoisotopic (exact) mass is 378 g/mol. The Labute approximate surface area is 149 Å². The Morgan fingerprint density at radius 2 is 2.13 bits per heavy atom. The molecule has 3 rings (SSSR count). The van der Waals surface area contributed by atoms with Crippen molar-refractivity contribution in [1.82, 2.24) is 5.43 Å². The van der Waals surface area contributed by atoms with Crippen LogP contribution in [-0.2, 0) is 14.3 Å². The number of nitrogens with zero attached hydrogens (tertiary/aromatic N) is 1. The minimum absolute atomic E-state index is 0.00483. The van der Waals surface area contributed by atoms with Gasteiger partial charge in [-0.2, -0.15) is 5.10 Å². The predicted octanol–water partition coefficient (Wildman–Crippen LogP) is 2.54. The van der Waals surface area contributed by atoms with E-state index in [1.165, 1.54) is 18.0 Å². The summed E-state index contributed by atoms with van der Waals surface area (Å²) in [6.45, 7) is 0.328. The minimum atomic E-state index is -0.407. The molecule has 3 aliphatic rings. The molecule has 3 fully saturated rings. The number of ketones is 1. The molecule has 128 valence electrons. The second-order valence-corrected chi connectivity index (χ2v) is 9.08. The van der Waals surface area contributed by atoms with Crippen molar-refractivity contribution < 1.29 is 14.3 Å². The molecule has 8 heteroatoms. The van der Waals surface area contributed by atoms with Gasteiger partial charge in [-0.15, -0.1) is 35.0 Å². The SMILES string of the molecule is O=C(N/N=C/C1COC2CCC(Cl)CC2C1=O)C1CCC(Cl)S1. The third kappa shape index (κ3) is 4.21. The van der Waals surface area contributed by atoms with Crippen molar-refractivity contribution in [2.24, 2.45) is 16.9 Å². The van der Waals surface area contributed by atoms with Crippen LogP contribution in [0.2, 0.25) is 0 Å². The van der Waals surface area contributed by atoms with E-state index in [-0.39, 0.29) is 39.0 Å². The van der Waals surface area contributed by atoms with Gasteiger partial charge in [-0.1, -0.05) is 0 Å². The molecule has 0 aromatic carbocycles. The Morgan fingerprint density at radius 3 is 2.87 bits per heavy atom. The van der Waals surface area contributed by atoms with Crippen molar-refractivity contribution in [2.75, 3.05) is 6.61 Å². The largest absolute Gasteiger partial charge is 0.376 e. The number of hydrogen-bond donors (Lipinski definition) is 1. The first-order valence-electron chi connectivity index (χ1n) is 7.96. The van der Waals surface area contributed by atoms with Gasteiger partial charge in [-0.05, 0) is 32.1 Å². The molecule has 6 unspecified atom stereocenters. The molecule has 2 saturated heterocycles. The lowest BCUT2D eigenvalue weighted by atomic mass is 9.78. The number of carbonyl (C=O) groups excluding carboxylic acids is 2. The average Bonchev–Trinajstić information content (AvgIpc) is 2.96. The number of amides is 1. The summed E-state index contributed by atoms with van der Waals surface area (Å²) >= 11 is 13.6.